The Balaban J connectivity index is 0.000000298. The molecular formula is C27H12F7N5. The summed E-state index contributed by atoms with van der Waals surface area (Å²) in [5.41, 5.74) is -1.05. The van der Waals surface area contributed by atoms with Crippen molar-refractivity contribution in [2.45, 2.75) is 6.18 Å². The van der Waals surface area contributed by atoms with Crippen molar-refractivity contribution in [2.24, 2.45) is 0 Å². The zero-order chi connectivity index (χ0) is 28.3. The predicted octanol–water partition coefficient (Wildman–Crippen LogP) is 7.07. The maximum Gasteiger partial charge on any atom is 0.433 e. The van der Waals surface area contributed by atoms with Gasteiger partial charge in [0.1, 0.15) is 23.4 Å². The third kappa shape index (κ3) is 5.40. The number of hydrogen-bond donors (Lipinski definition) is 0. The number of benzene rings is 3. The Bertz CT molecular complexity index is 1780. The molecule has 0 aliphatic carbocycles. The number of nitriles is 2. The smallest absolute Gasteiger partial charge is 0.284 e. The average Bonchev–Trinajstić information content (AvgIpc) is 3.34. The van der Waals surface area contributed by atoms with Crippen LogP contribution in [0.15, 0.2) is 73.1 Å². The minimum absolute atomic E-state index is 0.0457. The molecule has 0 saturated carbocycles. The second-order valence-corrected chi connectivity index (χ2v) is 7.81. The summed E-state index contributed by atoms with van der Waals surface area (Å²) in [7, 11) is 0. The van der Waals surface area contributed by atoms with E-state index in [4.69, 9.17) is 5.26 Å². The summed E-state index contributed by atoms with van der Waals surface area (Å²) < 4.78 is 93.2. The van der Waals surface area contributed by atoms with Gasteiger partial charge in [0.15, 0.2) is 11.6 Å². The lowest BCUT2D eigenvalue weighted by atomic mass is 9.97. The summed E-state index contributed by atoms with van der Waals surface area (Å²) in [4.78, 5) is 7.36. The van der Waals surface area contributed by atoms with Gasteiger partial charge in [-0.05, 0) is 48.5 Å². The Morgan fingerprint density at radius 1 is 0.769 bits per heavy atom. The second-order valence-electron chi connectivity index (χ2n) is 7.81. The summed E-state index contributed by atoms with van der Waals surface area (Å²) in [6.45, 7) is 0. The third-order valence-electron chi connectivity index (χ3n) is 5.41. The summed E-state index contributed by atoms with van der Waals surface area (Å²) in [6, 6.07) is 15.2. The lowest BCUT2D eigenvalue weighted by molar-refractivity contribution is -0.141. The fraction of sp³-hybridized carbons (Fsp3) is 0.0370. The van der Waals surface area contributed by atoms with E-state index in [0.717, 1.165) is 30.5 Å². The van der Waals surface area contributed by atoms with Crippen molar-refractivity contribution in [3.8, 4) is 34.5 Å². The lowest BCUT2D eigenvalue weighted by Crippen LogP contribution is -2.09. The highest BCUT2D eigenvalue weighted by Crippen LogP contribution is 2.33. The molecule has 3 aromatic carbocycles. The molecule has 39 heavy (non-hydrogen) atoms. The van der Waals surface area contributed by atoms with Crippen LogP contribution >= 0.6 is 0 Å². The molecule has 0 radical (unpaired) electrons. The van der Waals surface area contributed by atoms with Crippen molar-refractivity contribution in [1.82, 2.24) is 14.4 Å². The Labute approximate surface area is 215 Å². The zero-order valence-corrected chi connectivity index (χ0v) is 19.3. The Morgan fingerprint density at radius 2 is 1.44 bits per heavy atom. The van der Waals surface area contributed by atoms with Crippen LogP contribution in [0.1, 0.15) is 16.8 Å². The summed E-state index contributed by atoms with van der Waals surface area (Å²) in [5.74, 6) is -3.77. The molecule has 5 rings (SSSR count). The van der Waals surface area contributed by atoms with Gasteiger partial charge in [-0.15, -0.1) is 0 Å². The van der Waals surface area contributed by atoms with Gasteiger partial charge >= 0.3 is 6.18 Å². The molecule has 5 nitrogen and oxygen atoms in total. The first-order chi connectivity index (χ1) is 18.5. The van der Waals surface area contributed by atoms with Gasteiger partial charge in [0.2, 0.25) is 5.78 Å². The summed E-state index contributed by atoms with van der Waals surface area (Å²) in [6.07, 6.45) is -2.18. The van der Waals surface area contributed by atoms with E-state index in [-0.39, 0.29) is 28.0 Å². The van der Waals surface area contributed by atoms with Crippen molar-refractivity contribution >= 4 is 5.78 Å². The molecule has 0 spiro atoms. The molecule has 0 N–H and O–H groups in total. The minimum Gasteiger partial charge on any atom is -0.284 e. The van der Waals surface area contributed by atoms with Crippen molar-refractivity contribution in [1.29, 1.82) is 10.5 Å². The van der Waals surface area contributed by atoms with Gasteiger partial charge in [-0.2, -0.15) is 23.7 Å². The van der Waals surface area contributed by atoms with Crippen molar-refractivity contribution in [2.75, 3.05) is 0 Å². The first-order valence-electron chi connectivity index (χ1n) is 10.8. The fourth-order valence-electron chi connectivity index (χ4n) is 3.60. The number of rotatable bonds is 2. The molecule has 0 aliphatic heterocycles. The van der Waals surface area contributed by atoms with Gasteiger partial charge in [0.25, 0.3) is 0 Å². The minimum atomic E-state index is -4.62. The number of nitrogens with zero attached hydrogens (tertiary/aromatic N) is 5. The average molecular weight is 539 g/mol. The Kier molecular flexibility index (Phi) is 7.31. The van der Waals surface area contributed by atoms with Crippen LogP contribution in [-0.4, -0.2) is 14.4 Å². The summed E-state index contributed by atoms with van der Waals surface area (Å²) in [5, 5.41) is 17.4. The quantitative estimate of drug-likeness (QED) is 0.225. The number of aromatic nitrogens is 3. The van der Waals surface area contributed by atoms with E-state index < -0.39 is 35.1 Å². The topological polar surface area (TPSA) is 77.8 Å². The van der Waals surface area contributed by atoms with E-state index in [1.54, 1.807) is 0 Å². The maximum atomic E-state index is 14.5. The van der Waals surface area contributed by atoms with E-state index in [0.29, 0.717) is 11.3 Å². The van der Waals surface area contributed by atoms with Crippen LogP contribution in [0, 0.1) is 45.9 Å². The van der Waals surface area contributed by atoms with Gasteiger partial charge in [-0.25, -0.2) is 27.5 Å². The molecule has 0 aliphatic rings. The van der Waals surface area contributed by atoms with Crippen molar-refractivity contribution < 1.29 is 30.7 Å². The highest BCUT2D eigenvalue weighted by Gasteiger charge is 2.33. The second kappa shape index (κ2) is 10.6. The van der Waals surface area contributed by atoms with Crippen LogP contribution in [0.25, 0.3) is 28.2 Å². The normalized spacial score (nSPS) is 10.9. The fourth-order valence-corrected chi connectivity index (χ4v) is 3.60. The van der Waals surface area contributed by atoms with E-state index in [9.17, 15) is 36.0 Å². The first kappa shape index (κ1) is 26.8. The van der Waals surface area contributed by atoms with Crippen LogP contribution in [-0.2, 0) is 6.18 Å². The van der Waals surface area contributed by atoms with Crippen LogP contribution < -0.4 is 0 Å². The molecular weight excluding hydrogens is 527 g/mol. The largest absolute Gasteiger partial charge is 0.433 e. The number of imidazole rings is 1. The molecule has 0 fully saturated rings. The van der Waals surface area contributed by atoms with E-state index in [1.807, 2.05) is 6.07 Å². The number of fused-ring (bicyclic) bond motifs is 1. The molecule has 2 heterocycles. The highest BCUT2D eigenvalue weighted by atomic mass is 19.4. The Hall–Kier alpha value is -5.23. The predicted molar refractivity (Wildman–Crippen MR) is 125 cm³/mol. The number of hydrogen-bond acceptors (Lipinski definition) is 4. The van der Waals surface area contributed by atoms with Crippen LogP contribution in [0.3, 0.4) is 0 Å². The van der Waals surface area contributed by atoms with Gasteiger partial charge < -0.3 is 0 Å². The Morgan fingerprint density at radius 3 is 2.08 bits per heavy atom. The number of halogens is 7. The zero-order valence-electron chi connectivity index (χ0n) is 19.3. The van der Waals surface area contributed by atoms with E-state index in [2.05, 4.69) is 9.97 Å². The van der Waals surface area contributed by atoms with Crippen molar-refractivity contribution in [3.05, 3.63) is 113 Å². The molecule has 0 saturated heterocycles. The van der Waals surface area contributed by atoms with Gasteiger partial charge in [0.05, 0.1) is 29.1 Å². The molecule has 0 atom stereocenters. The molecule has 0 amide bonds. The SMILES string of the molecule is N#Cc1cccc(F)c1-c1cc(-c2cnc3nc(C(F)(F)F)ccn23)ccc1F.N#Cc1cccc(F)c1F. The van der Waals surface area contributed by atoms with E-state index in [1.165, 1.54) is 53.1 Å². The van der Waals surface area contributed by atoms with Gasteiger partial charge in [-0.3, -0.25) is 4.40 Å². The molecule has 12 heteroatoms. The van der Waals surface area contributed by atoms with E-state index >= 15 is 0 Å². The molecule has 0 bridgehead atoms. The van der Waals surface area contributed by atoms with Gasteiger partial charge in [-0.1, -0.05) is 12.1 Å². The highest BCUT2D eigenvalue weighted by molar-refractivity contribution is 5.76. The van der Waals surface area contributed by atoms with Crippen LogP contribution in [0.4, 0.5) is 30.7 Å². The van der Waals surface area contributed by atoms with Gasteiger partial charge in [0, 0.05) is 22.9 Å². The standard InChI is InChI=1S/C20H9F5N4.C7H3F2N/c21-14-5-4-11(8-13(14)18-12(9-26)2-1-3-15(18)22)16-10-27-19-28-17(20(23,24)25)6-7-29(16)19;8-6-3-1-2-5(4-10)7(6)9/h1-8,10H;1-3H. The maximum absolute atomic E-state index is 14.5. The first-order valence-corrected chi connectivity index (χ1v) is 10.8. The van der Waals surface area contributed by atoms with Crippen LogP contribution in [0.2, 0.25) is 0 Å². The third-order valence-corrected chi connectivity index (χ3v) is 5.41. The number of alkyl halides is 3. The summed E-state index contributed by atoms with van der Waals surface area (Å²) >= 11 is 0. The molecule has 0 unspecified atom stereocenters. The molecule has 2 aromatic heterocycles. The molecule has 194 valence electrons. The monoisotopic (exact) mass is 539 g/mol. The lowest BCUT2D eigenvalue weighted by Gasteiger charge is -2.10. The molecule has 5 aromatic rings. The van der Waals surface area contributed by atoms with Crippen molar-refractivity contribution in [3.63, 3.8) is 0 Å². The van der Waals surface area contributed by atoms with Crippen LogP contribution in [0.5, 0.6) is 0 Å².